The molecule has 1 aromatic rings. The van der Waals surface area contributed by atoms with E-state index in [-0.39, 0.29) is 6.61 Å². The summed E-state index contributed by atoms with van der Waals surface area (Å²) in [6.07, 6.45) is 4.59. The predicted octanol–water partition coefficient (Wildman–Crippen LogP) is 3.10. The lowest BCUT2D eigenvalue weighted by molar-refractivity contribution is 0.305. The molecular formula is C16H23NOS. The SMILES string of the molecule is CCCC1CCN(Cc2sccc2C#CCCO)C1. The van der Waals surface area contributed by atoms with Gasteiger partial charge in [-0.1, -0.05) is 25.2 Å². The molecule has 0 spiro atoms. The van der Waals surface area contributed by atoms with Crippen molar-refractivity contribution in [3.05, 3.63) is 21.9 Å². The van der Waals surface area contributed by atoms with Crippen LogP contribution in [0.15, 0.2) is 11.4 Å². The Morgan fingerprint density at radius 2 is 2.42 bits per heavy atom. The molecule has 19 heavy (non-hydrogen) atoms. The summed E-state index contributed by atoms with van der Waals surface area (Å²) in [4.78, 5) is 3.94. The molecule has 1 saturated heterocycles. The summed E-state index contributed by atoms with van der Waals surface area (Å²) in [7, 11) is 0. The summed E-state index contributed by atoms with van der Waals surface area (Å²) in [5, 5.41) is 10.9. The number of nitrogens with zero attached hydrogens (tertiary/aromatic N) is 1. The van der Waals surface area contributed by atoms with Crippen LogP contribution >= 0.6 is 11.3 Å². The van der Waals surface area contributed by atoms with Crippen LogP contribution in [0.3, 0.4) is 0 Å². The topological polar surface area (TPSA) is 23.5 Å². The summed E-state index contributed by atoms with van der Waals surface area (Å²) in [6, 6.07) is 2.10. The van der Waals surface area contributed by atoms with Crippen molar-refractivity contribution in [2.75, 3.05) is 19.7 Å². The molecule has 0 aromatic carbocycles. The average molecular weight is 277 g/mol. The molecule has 1 N–H and O–H groups in total. The minimum Gasteiger partial charge on any atom is -0.395 e. The molecule has 1 aliphatic heterocycles. The first-order valence-corrected chi connectivity index (χ1v) is 8.10. The first-order valence-electron chi connectivity index (χ1n) is 7.22. The third kappa shape index (κ3) is 4.35. The fourth-order valence-electron chi connectivity index (χ4n) is 2.69. The fraction of sp³-hybridized carbons (Fsp3) is 0.625. The van der Waals surface area contributed by atoms with Crippen molar-refractivity contribution in [2.45, 2.75) is 39.2 Å². The van der Waals surface area contributed by atoms with Gasteiger partial charge in [-0.25, -0.2) is 0 Å². The molecule has 0 bridgehead atoms. The van der Waals surface area contributed by atoms with Crippen LogP contribution in [0.25, 0.3) is 0 Å². The molecule has 0 aliphatic carbocycles. The molecule has 2 heterocycles. The normalized spacial score (nSPS) is 19.4. The molecule has 3 heteroatoms. The number of hydrogen-bond acceptors (Lipinski definition) is 3. The van der Waals surface area contributed by atoms with Crippen LogP contribution in [-0.4, -0.2) is 29.7 Å². The lowest BCUT2D eigenvalue weighted by Crippen LogP contribution is -2.19. The molecule has 2 nitrogen and oxygen atoms in total. The van der Waals surface area contributed by atoms with Gasteiger partial charge in [0.05, 0.1) is 6.61 Å². The molecule has 1 aliphatic rings. The zero-order chi connectivity index (χ0) is 13.5. The third-order valence-corrected chi connectivity index (χ3v) is 4.55. The second-order valence-corrected chi connectivity index (χ2v) is 6.21. The first-order chi connectivity index (χ1) is 9.33. The molecule has 0 radical (unpaired) electrons. The van der Waals surface area contributed by atoms with Crippen molar-refractivity contribution in [3.63, 3.8) is 0 Å². The second-order valence-electron chi connectivity index (χ2n) is 5.21. The standard InChI is InChI=1S/C16H23NOS/c1-2-5-14-7-9-17(12-14)13-16-15(8-11-19-16)6-3-4-10-18/h8,11,14,18H,2,4-5,7,9-10,12-13H2,1H3. The maximum absolute atomic E-state index is 8.77. The molecular weight excluding hydrogens is 254 g/mol. The fourth-order valence-corrected chi connectivity index (χ4v) is 3.56. The van der Waals surface area contributed by atoms with E-state index in [0.717, 1.165) is 18.0 Å². The number of aliphatic hydroxyl groups is 1. The van der Waals surface area contributed by atoms with Crippen LogP contribution in [0, 0.1) is 17.8 Å². The van der Waals surface area contributed by atoms with Gasteiger partial charge in [-0.05, 0) is 36.8 Å². The molecule has 1 unspecified atom stereocenters. The van der Waals surface area contributed by atoms with E-state index in [0.29, 0.717) is 6.42 Å². The molecule has 1 fully saturated rings. The van der Waals surface area contributed by atoms with Gasteiger partial charge in [-0.3, -0.25) is 4.90 Å². The van der Waals surface area contributed by atoms with E-state index in [1.807, 2.05) is 0 Å². The number of thiophene rings is 1. The highest BCUT2D eigenvalue weighted by Crippen LogP contribution is 2.25. The van der Waals surface area contributed by atoms with Crippen molar-refractivity contribution in [3.8, 4) is 11.8 Å². The van der Waals surface area contributed by atoms with Gasteiger partial charge in [0.2, 0.25) is 0 Å². The first kappa shape index (κ1) is 14.6. The van der Waals surface area contributed by atoms with Crippen LogP contribution in [0.2, 0.25) is 0 Å². The summed E-state index contributed by atoms with van der Waals surface area (Å²) in [6.45, 7) is 5.94. The van der Waals surface area contributed by atoms with Crippen LogP contribution in [-0.2, 0) is 6.54 Å². The highest BCUT2D eigenvalue weighted by Gasteiger charge is 2.22. The third-order valence-electron chi connectivity index (χ3n) is 3.64. The quantitative estimate of drug-likeness (QED) is 0.836. The van der Waals surface area contributed by atoms with Gasteiger partial charge in [0, 0.05) is 30.0 Å². The Morgan fingerprint density at radius 1 is 1.53 bits per heavy atom. The Hall–Kier alpha value is -0.820. The van der Waals surface area contributed by atoms with E-state index in [1.54, 1.807) is 11.3 Å². The number of aliphatic hydroxyl groups excluding tert-OH is 1. The lowest BCUT2D eigenvalue weighted by Gasteiger charge is -2.15. The largest absolute Gasteiger partial charge is 0.395 e. The van der Waals surface area contributed by atoms with Gasteiger partial charge in [0.25, 0.3) is 0 Å². The Morgan fingerprint density at radius 3 is 3.21 bits per heavy atom. The maximum atomic E-state index is 8.77. The summed E-state index contributed by atoms with van der Waals surface area (Å²) in [5.74, 6) is 7.10. The van der Waals surface area contributed by atoms with Crippen LogP contribution in [0.4, 0.5) is 0 Å². The van der Waals surface area contributed by atoms with E-state index < -0.39 is 0 Å². The Bertz CT molecular complexity index is 443. The van der Waals surface area contributed by atoms with Crippen molar-refractivity contribution in [1.82, 2.24) is 4.90 Å². The Kier molecular flexibility index (Phi) is 5.91. The van der Waals surface area contributed by atoms with Gasteiger partial charge in [0.1, 0.15) is 0 Å². The molecule has 1 atom stereocenters. The second kappa shape index (κ2) is 7.69. The number of hydrogen-bond donors (Lipinski definition) is 1. The van der Waals surface area contributed by atoms with E-state index in [9.17, 15) is 0 Å². The average Bonchev–Trinajstić information content (AvgIpc) is 3.01. The minimum absolute atomic E-state index is 0.150. The highest BCUT2D eigenvalue weighted by atomic mass is 32.1. The van der Waals surface area contributed by atoms with Crippen molar-refractivity contribution in [1.29, 1.82) is 0 Å². The summed E-state index contributed by atoms with van der Waals surface area (Å²) in [5.41, 5.74) is 1.15. The zero-order valence-electron chi connectivity index (χ0n) is 11.7. The number of likely N-dealkylation sites (tertiary alicyclic amines) is 1. The Balaban J connectivity index is 1.90. The van der Waals surface area contributed by atoms with Gasteiger partial charge in [0.15, 0.2) is 0 Å². The van der Waals surface area contributed by atoms with Crippen LogP contribution < -0.4 is 0 Å². The molecule has 104 valence electrons. The van der Waals surface area contributed by atoms with E-state index in [2.05, 4.69) is 35.1 Å². The van der Waals surface area contributed by atoms with Gasteiger partial charge >= 0.3 is 0 Å². The monoisotopic (exact) mass is 277 g/mol. The van der Waals surface area contributed by atoms with E-state index in [4.69, 9.17) is 5.11 Å². The minimum atomic E-state index is 0.150. The van der Waals surface area contributed by atoms with Crippen LogP contribution in [0.1, 0.15) is 43.0 Å². The molecule has 2 rings (SSSR count). The van der Waals surface area contributed by atoms with E-state index >= 15 is 0 Å². The lowest BCUT2D eigenvalue weighted by atomic mass is 10.0. The zero-order valence-corrected chi connectivity index (χ0v) is 12.5. The predicted molar refractivity (Wildman–Crippen MR) is 81.2 cm³/mol. The van der Waals surface area contributed by atoms with Gasteiger partial charge in [-0.2, -0.15) is 0 Å². The smallest absolute Gasteiger partial charge is 0.0540 e. The van der Waals surface area contributed by atoms with Crippen molar-refractivity contribution < 1.29 is 5.11 Å². The molecule has 0 saturated carbocycles. The number of rotatable bonds is 5. The van der Waals surface area contributed by atoms with E-state index in [1.165, 1.54) is 37.2 Å². The van der Waals surface area contributed by atoms with Gasteiger partial charge < -0.3 is 5.11 Å². The van der Waals surface area contributed by atoms with Crippen molar-refractivity contribution in [2.24, 2.45) is 5.92 Å². The molecule has 0 amide bonds. The summed E-state index contributed by atoms with van der Waals surface area (Å²) < 4.78 is 0. The summed E-state index contributed by atoms with van der Waals surface area (Å²) >= 11 is 1.80. The van der Waals surface area contributed by atoms with Crippen LogP contribution in [0.5, 0.6) is 0 Å². The maximum Gasteiger partial charge on any atom is 0.0540 e. The highest BCUT2D eigenvalue weighted by molar-refractivity contribution is 7.10. The Labute approximate surface area is 120 Å². The molecule has 1 aromatic heterocycles. The van der Waals surface area contributed by atoms with Gasteiger partial charge in [-0.15, -0.1) is 11.3 Å². The van der Waals surface area contributed by atoms with Crippen molar-refractivity contribution >= 4 is 11.3 Å².